The van der Waals surface area contributed by atoms with Gasteiger partial charge in [-0.3, -0.25) is 9.59 Å². The highest BCUT2D eigenvalue weighted by atomic mass is 16.2. The van der Waals surface area contributed by atoms with Crippen molar-refractivity contribution in [3.8, 4) is 6.07 Å². The number of nitrogens with one attached hydrogen (secondary N) is 1. The van der Waals surface area contributed by atoms with Gasteiger partial charge in [-0.1, -0.05) is 13.8 Å². The number of nitriles is 1. The number of hydrogen-bond acceptors (Lipinski definition) is 3. The molecule has 0 fully saturated rings. The second-order valence-electron chi connectivity index (χ2n) is 4.05. The van der Waals surface area contributed by atoms with Crippen molar-refractivity contribution in [2.75, 3.05) is 20.6 Å². The molecule has 0 aromatic heterocycles. The molecule has 5 nitrogen and oxygen atoms in total. The third-order valence-electron chi connectivity index (χ3n) is 3.13. The first-order chi connectivity index (χ1) is 7.97. The molecule has 0 heterocycles. The molecule has 0 unspecified atom stereocenters. The maximum absolute atomic E-state index is 12.1. The SMILES string of the molecule is CCC(C#N)(CC)C(=O)N(C)CCC(=O)NC. The Balaban J connectivity index is 4.58. The zero-order valence-electron chi connectivity index (χ0n) is 11.0. The fourth-order valence-electron chi connectivity index (χ4n) is 1.62. The molecule has 0 saturated carbocycles. The lowest BCUT2D eigenvalue weighted by Gasteiger charge is -2.28. The molecular weight excluding hydrogens is 218 g/mol. The Labute approximate surface area is 103 Å². The maximum Gasteiger partial charge on any atom is 0.242 e. The first-order valence-electron chi connectivity index (χ1n) is 5.84. The van der Waals surface area contributed by atoms with Crippen LogP contribution in [0, 0.1) is 16.7 Å². The molecule has 0 spiro atoms. The second-order valence-corrected chi connectivity index (χ2v) is 4.05. The summed E-state index contributed by atoms with van der Waals surface area (Å²) in [5, 5.41) is 11.6. The van der Waals surface area contributed by atoms with Gasteiger partial charge in [0.15, 0.2) is 0 Å². The number of rotatable bonds is 6. The van der Waals surface area contributed by atoms with E-state index in [0.717, 1.165) is 0 Å². The first-order valence-corrected chi connectivity index (χ1v) is 5.84. The van der Waals surface area contributed by atoms with Gasteiger partial charge in [0.25, 0.3) is 0 Å². The predicted octanol–water partition coefficient (Wildman–Crippen LogP) is 0.911. The molecule has 0 aliphatic rings. The molecule has 17 heavy (non-hydrogen) atoms. The number of amides is 2. The standard InChI is InChI=1S/C12H21N3O2/c1-5-12(6-2,9-13)11(17)15(4)8-7-10(16)14-3/h5-8H2,1-4H3,(H,14,16). The van der Waals surface area contributed by atoms with Crippen LogP contribution in [-0.2, 0) is 9.59 Å². The fraction of sp³-hybridized carbons (Fsp3) is 0.750. The molecule has 0 aliphatic heterocycles. The third-order valence-corrected chi connectivity index (χ3v) is 3.13. The molecule has 1 N–H and O–H groups in total. The van der Waals surface area contributed by atoms with Gasteiger partial charge in [-0.2, -0.15) is 5.26 Å². The van der Waals surface area contributed by atoms with Crippen molar-refractivity contribution < 1.29 is 9.59 Å². The molecule has 96 valence electrons. The van der Waals surface area contributed by atoms with Crippen LogP contribution in [0.4, 0.5) is 0 Å². The van der Waals surface area contributed by atoms with Gasteiger partial charge in [-0.15, -0.1) is 0 Å². The summed E-state index contributed by atoms with van der Waals surface area (Å²) in [6.07, 6.45) is 1.24. The van der Waals surface area contributed by atoms with Crippen LogP contribution >= 0.6 is 0 Å². The van der Waals surface area contributed by atoms with E-state index in [0.29, 0.717) is 19.4 Å². The number of nitrogens with zero attached hydrogens (tertiary/aromatic N) is 2. The molecule has 0 aromatic carbocycles. The zero-order chi connectivity index (χ0) is 13.5. The van der Waals surface area contributed by atoms with Gasteiger partial charge < -0.3 is 10.2 Å². The van der Waals surface area contributed by atoms with Crippen LogP contribution in [0.2, 0.25) is 0 Å². The van der Waals surface area contributed by atoms with Gasteiger partial charge in [0.2, 0.25) is 11.8 Å². The Kier molecular flexibility index (Phi) is 6.26. The summed E-state index contributed by atoms with van der Waals surface area (Å²) in [5.74, 6) is -0.311. The minimum absolute atomic E-state index is 0.111. The Morgan fingerprint density at radius 3 is 2.24 bits per heavy atom. The summed E-state index contributed by atoms with van der Waals surface area (Å²) in [6, 6.07) is 2.11. The number of carbonyl (C=O) groups is 2. The molecule has 0 aliphatic carbocycles. The molecule has 5 heteroatoms. The van der Waals surface area contributed by atoms with Crippen molar-refractivity contribution in [3.63, 3.8) is 0 Å². The summed E-state index contributed by atoms with van der Waals surface area (Å²) in [5.41, 5.74) is -0.947. The van der Waals surface area contributed by atoms with Crippen LogP contribution in [0.15, 0.2) is 0 Å². The van der Waals surface area contributed by atoms with Gasteiger partial charge in [0.1, 0.15) is 5.41 Å². The minimum atomic E-state index is -0.947. The third kappa shape index (κ3) is 3.74. The number of carbonyl (C=O) groups excluding carboxylic acids is 2. The highest BCUT2D eigenvalue weighted by Gasteiger charge is 2.37. The molecule has 0 bridgehead atoms. The van der Waals surface area contributed by atoms with Crippen molar-refractivity contribution >= 4 is 11.8 Å². The molecule has 0 aromatic rings. The van der Waals surface area contributed by atoms with Gasteiger partial charge in [-0.25, -0.2) is 0 Å². The zero-order valence-corrected chi connectivity index (χ0v) is 11.0. The highest BCUT2D eigenvalue weighted by Crippen LogP contribution is 2.27. The summed E-state index contributed by atoms with van der Waals surface area (Å²) in [6.45, 7) is 4.00. The summed E-state index contributed by atoms with van der Waals surface area (Å²) in [7, 11) is 3.19. The lowest BCUT2D eigenvalue weighted by molar-refractivity contribution is -0.138. The van der Waals surface area contributed by atoms with E-state index in [-0.39, 0.29) is 18.2 Å². The van der Waals surface area contributed by atoms with Crippen LogP contribution in [0.3, 0.4) is 0 Å². The molecule has 0 atom stereocenters. The van der Waals surface area contributed by atoms with Crippen molar-refractivity contribution in [1.29, 1.82) is 5.26 Å². The van der Waals surface area contributed by atoms with Gasteiger partial charge in [-0.05, 0) is 12.8 Å². The Morgan fingerprint density at radius 1 is 1.35 bits per heavy atom. The minimum Gasteiger partial charge on any atom is -0.359 e. The van der Waals surface area contributed by atoms with E-state index in [9.17, 15) is 9.59 Å². The second kappa shape index (κ2) is 6.89. The molecule has 0 radical (unpaired) electrons. The first kappa shape index (κ1) is 15.4. The lowest BCUT2D eigenvalue weighted by Crippen LogP contribution is -2.42. The van der Waals surface area contributed by atoms with Crippen LogP contribution in [0.1, 0.15) is 33.1 Å². The van der Waals surface area contributed by atoms with E-state index in [4.69, 9.17) is 5.26 Å². The summed E-state index contributed by atoms with van der Waals surface area (Å²) >= 11 is 0. The Hall–Kier alpha value is -1.57. The monoisotopic (exact) mass is 239 g/mol. The van der Waals surface area contributed by atoms with Crippen molar-refractivity contribution in [2.24, 2.45) is 5.41 Å². The van der Waals surface area contributed by atoms with E-state index < -0.39 is 5.41 Å². The maximum atomic E-state index is 12.1. The van der Waals surface area contributed by atoms with Crippen LogP contribution in [0.25, 0.3) is 0 Å². The van der Waals surface area contributed by atoms with Crippen LogP contribution < -0.4 is 5.32 Å². The topological polar surface area (TPSA) is 73.2 Å². The normalized spacial score (nSPS) is 10.5. The van der Waals surface area contributed by atoms with Crippen LogP contribution in [-0.4, -0.2) is 37.4 Å². The van der Waals surface area contributed by atoms with Gasteiger partial charge in [0.05, 0.1) is 6.07 Å². The smallest absolute Gasteiger partial charge is 0.242 e. The van der Waals surface area contributed by atoms with Gasteiger partial charge >= 0.3 is 0 Å². The quantitative estimate of drug-likeness (QED) is 0.748. The van der Waals surface area contributed by atoms with Crippen molar-refractivity contribution in [3.05, 3.63) is 0 Å². The highest BCUT2D eigenvalue weighted by molar-refractivity contribution is 5.85. The van der Waals surface area contributed by atoms with Crippen molar-refractivity contribution in [1.82, 2.24) is 10.2 Å². The number of hydrogen-bond donors (Lipinski definition) is 1. The fourth-order valence-corrected chi connectivity index (χ4v) is 1.62. The van der Waals surface area contributed by atoms with E-state index in [1.165, 1.54) is 4.90 Å². The molecule has 0 rings (SSSR count). The van der Waals surface area contributed by atoms with E-state index in [2.05, 4.69) is 11.4 Å². The Bertz CT molecular complexity index is 316. The molecule has 0 saturated heterocycles. The average Bonchev–Trinajstić information content (AvgIpc) is 2.37. The largest absolute Gasteiger partial charge is 0.359 e. The molecular formula is C12H21N3O2. The van der Waals surface area contributed by atoms with E-state index >= 15 is 0 Å². The Morgan fingerprint density at radius 2 is 1.88 bits per heavy atom. The van der Waals surface area contributed by atoms with E-state index in [1.54, 1.807) is 14.1 Å². The van der Waals surface area contributed by atoms with Gasteiger partial charge in [0, 0.05) is 27.1 Å². The predicted molar refractivity (Wildman–Crippen MR) is 64.9 cm³/mol. The summed E-state index contributed by atoms with van der Waals surface area (Å²) < 4.78 is 0. The van der Waals surface area contributed by atoms with Crippen molar-refractivity contribution in [2.45, 2.75) is 33.1 Å². The summed E-state index contributed by atoms with van der Waals surface area (Å²) in [4.78, 5) is 24.7. The molecule has 2 amide bonds. The average molecular weight is 239 g/mol. The van der Waals surface area contributed by atoms with E-state index in [1.807, 2.05) is 13.8 Å². The van der Waals surface area contributed by atoms with Crippen LogP contribution in [0.5, 0.6) is 0 Å². The lowest BCUT2D eigenvalue weighted by atomic mass is 9.82.